The number of hydrogen-bond donors (Lipinski definition) is 0. The van der Waals surface area contributed by atoms with Gasteiger partial charge in [-0.05, 0) is 31.5 Å². The lowest BCUT2D eigenvalue weighted by molar-refractivity contribution is -0.137. The normalized spacial score (nSPS) is 18.3. The second-order valence-electron chi connectivity index (χ2n) is 6.67. The number of rotatable bonds is 4. The molecule has 0 N–H and O–H groups in total. The molecular formula is C18H18F3N5O. The third-order valence-electron chi connectivity index (χ3n) is 4.73. The lowest BCUT2D eigenvalue weighted by Crippen LogP contribution is -2.22. The van der Waals surface area contributed by atoms with Crippen molar-refractivity contribution in [3.8, 4) is 11.4 Å². The number of benzene rings is 1. The lowest BCUT2D eigenvalue weighted by Gasteiger charge is -2.21. The Balaban J connectivity index is 1.51. The van der Waals surface area contributed by atoms with E-state index in [-0.39, 0.29) is 17.4 Å². The number of hydrogen-bond acceptors (Lipinski definition) is 5. The Morgan fingerprint density at radius 2 is 2.15 bits per heavy atom. The monoisotopic (exact) mass is 377 g/mol. The molecular weight excluding hydrogens is 359 g/mol. The van der Waals surface area contributed by atoms with Crippen molar-refractivity contribution >= 4 is 0 Å². The topological polar surface area (TPSA) is 60.0 Å². The Labute approximate surface area is 153 Å². The van der Waals surface area contributed by atoms with E-state index in [1.165, 1.54) is 12.1 Å². The van der Waals surface area contributed by atoms with Crippen LogP contribution >= 0.6 is 0 Å². The average molecular weight is 377 g/mol. The smallest absolute Gasteiger partial charge is 0.338 e. The number of halogens is 3. The van der Waals surface area contributed by atoms with Crippen molar-refractivity contribution in [2.75, 3.05) is 6.54 Å². The van der Waals surface area contributed by atoms with Crippen molar-refractivity contribution in [2.45, 2.75) is 31.6 Å². The number of aromatic nitrogens is 4. The van der Waals surface area contributed by atoms with Crippen molar-refractivity contribution in [3.05, 3.63) is 53.7 Å². The Bertz CT molecular complexity index is 933. The minimum atomic E-state index is -4.41. The van der Waals surface area contributed by atoms with Gasteiger partial charge in [-0.3, -0.25) is 9.58 Å². The van der Waals surface area contributed by atoms with Gasteiger partial charge >= 0.3 is 6.18 Å². The fraction of sp³-hybridized carbons (Fsp3) is 0.389. The van der Waals surface area contributed by atoms with Crippen molar-refractivity contribution in [1.82, 2.24) is 24.8 Å². The molecule has 1 atom stereocenters. The molecule has 27 heavy (non-hydrogen) atoms. The van der Waals surface area contributed by atoms with Gasteiger partial charge in [0.25, 0.3) is 0 Å². The van der Waals surface area contributed by atoms with Crippen LogP contribution in [0.15, 0.2) is 41.2 Å². The van der Waals surface area contributed by atoms with Gasteiger partial charge in [0.2, 0.25) is 11.7 Å². The largest absolute Gasteiger partial charge is 0.416 e. The maximum absolute atomic E-state index is 12.9. The van der Waals surface area contributed by atoms with E-state index in [0.29, 0.717) is 12.4 Å². The van der Waals surface area contributed by atoms with Gasteiger partial charge in [0, 0.05) is 30.4 Å². The van der Waals surface area contributed by atoms with E-state index in [4.69, 9.17) is 4.52 Å². The summed E-state index contributed by atoms with van der Waals surface area (Å²) in [6, 6.07) is 5.16. The molecule has 0 unspecified atom stereocenters. The van der Waals surface area contributed by atoms with Crippen molar-refractivity contribution < 1.29 is 17.7 Å². The molecule has 3 aromatic rings. The van der Waals surface area contributed by atoms with Crippen LogP contribution < -0.4 is 0 Å². The van der Waals surface area contributed by atoms with Gasteiger partial charge in [-0.2, -0.15) is 23.3 Å². The number of alkyl halides is 3. The van der Waals surface area contributed by atoms with Crippen LogP contribution in [0.5, 0.6) is 0 Å². The van der Waals surface area contributed by atoms with E-state index in [0.717, 1.165) is 37.1 Å². The van der Waals surface area contributed by atoms with E-state index in [1.807, 2.05) is 19.4 Å². The number of aryl methyl sites for hydroxylation is 1. The molecule has 3 heterocycles. The summed E-state index contributed by atoms with van der Waals surface area (Å²) in [7, 11) is 1.88. The Morgan fingerprint density at radius 1 is 1.30 bits per heavy atom. The van der Waals surface area contributed by atoms with Gasteiger partial charge in [-0.1, -0.05) is 17.3 Å². The summed E-state index contributed by atoms with van der Waals surface area (Å²) in [5.41, 5.74) is 0.681. The zero-order chi connectivity index (χ0) is 19.0. The van der Waals surface area contributed by atoms with Crippen LogP contribution in [0.1, 0.15) is 35.9 Å². The first-order valence-electron chi connectivity index (χ1n) is 8.63. The Morgan fingerprint density at radius 3 is 2.89 bits per heavy atom. The third kappa shape index (κ3) is 3.73. The summed E-state index contributed by atoms with van der Waals surface area (Å²) in [5, 5.41) is 8.08. The van der Waals surface area contributed by atoms with Gasteiger partial charge in [0.1, 0.15) is 0 Å². The first-order valence-corrected chi connectivity index (χ1v) is 8.63. The van der Waals surface area contributed by atoms with E-state index < -0.39 is 11.7 Å². The second-order valence-corrected chi connectivity index (χ2v) is 6.67. The van der Waals surface area contributed by atoms with Crippen LogP contribution in [0.2, 0.25) is 0 Å². The molecule has 0 aliphatic carbocycles. The highest BCUT2D eigenvalue weighted by Crippen LogP contribution is 2.34. The molecule has 1 aliphatic heterocycles. The zero-order valence-electron chi connectivity index (χ0n) is 14.6. The molecule has 0 saturated carbocycles. The minimum absolute atomic E-state index is 0.160. The summed E-state index contributed by atoms with van der Waals surface area (Å²) in [6.07, 6.45) is 1.50. The summed E-state index contributed by atoms with van der Waals surface area (Å²) < 4.78 is 45.7. The van der Waals surface area contributed by atoms with Crippen LogP contribution in [-0.4, -0.2) is 31.4 Å². The first-order chi connectivity index (χ1) is 12.9. The maximum Gasteiger partial charge on any atom is 0.416 e. The number of likely N-dealkylation sites (tertiary alicyclic amines) is 1. The van der Waals surface area contributed by atoms with Gasteiger partial charge < -0.3 is 4.52 Å². The maximum atomic E-state index is 12.9. The number of nitrogens with zero attached hydrogens (tertiary/aromatic N) is 5. The molecule has 142 valence electrons. The van der Waals surface area contributed by atoms with E-state index >= 15 is 0 Å². The molecule has 9 heteroatoms. The minimum Gasteiger partial charge on any atom is -0.338 e. The van der Waals surface area contributed by atoms with Crippen LogP contribution in [0.3, 0.4) is 0 Å². The molecule has 2 aromatic heterocycles. The first kappa shape index (κ1) is 17.7. The highest BCUT2D eigenvalue weighted by Gasteiger charge is 2.31. The molecule has 1 aromatic carbocycles. The molecule has 0 radical (unpaired) electrons. The Kier molecular flexibility index (Phi) is 4.47. The highest BCUT2D eigenvalue weighted by molar-refractivity contribution is 5.55. The fourth-order valence-electron chi connectivity index (χ4n) is 3.45. The summed E-state index contributed by atoms with van der Waals surface area (Å²) in [6.45, 7) is 1.34. The summed E-state index contributed by atoms with van der Waals surface area (Å²) in [5.74, 6) is 0.548. The van der Waals surface area contributed by atoms with Crippen molar-refractivity contribution in [3.63, 3.8) is 0 Å². The quantitative estimate of drug-likeness (QED) is 0.692. The summed E-state index contributed by atoms with van der Waals surface area (Å²) >= 11 is 0. The van der Waals surface area contributed by atoms with Gasteiger partial charge in [0.05, 0.1) is 18.3 Å². The summed E-state index contributed by atoms with van der Waals surface area (Å²) in [4.78, 5) is 6.52. The SMILES string of the molecule is Cn1cc([C@H]2CCCN2Cc2nc(-c3cccc(C(F)(F)F)c3)no2)cn1. The highest BCUT2D eigenvalue weighted by atomic mass is 19.4. The van der Waals surface area contributed by atoms with Crippen LogP contribution in [0.4, 0.5) is 13.2 Å². The molecule has 4 rings (SSSR count). The third-order valence-corrected chi connectivity index (χ3v) is 4.73. The van der Waals surface area contributed by atoms with Crippen molar-refractivity contribution in [2.24, 2.45) is 7.05 Å². The predicted molar refractivity (Wildman–Crippen MR) is 90.3 cm³/mol. The van der Waals surface area contributed by atoms with E-state index in [2.05, 4.69) is 20.1 Å². The predicted octanol–water partition coefficient (Wildman–Crippen LogP) is 3.83. The molecule has 1 fully saturated rings. The van der Waals surface area contributed by atoms with Gasteiger partial charge in [0.15, 0.2) is 0 Å². The molecule has 0 amide bonds. The Hall–Kier alpha value is -2.68. The molecule has 0 spiro atoms. The molecule has 6 nitrogen and oxygen atoms in total. The standard InChI is InChI=1S/C18H18F3N5O/c1-25-10-13(9-22-25)15-6-3-7-26(15)11-16-23-17(24-27-16)12-4-2-5-14(8-12)18(19,20)21/h2,4-5,8-10,15H,3,6-7,11H2,1H3/t15-/m1/s1. The fourth-order valence-corrected chi connectivity index (χ4v) is 3.45. The zero-order valence-corrected chi connectivity index (χ0v) is 14.6. The van der Waals surface area contributed by atoms with Crippen LogP contribution in [0.25, 0.3) is 11.4 Å². The second kappa shape index (κ2) is 6.80. The molecule has 1 aliphatic rings. The average Bonchev–Trinajstić information content (AvgIpc) is 3.36. The van der Waals surface area contributed by atoms with Gasteiger partial charge in [-0.25, -0.2) is 0 Å². The van der Waals surface area contributed by atoms with Crippen LogP contribution in [0, 0.1) is 0 Å². The van der Waals surface area contributed by atoms with Crippen LogP contribution in [-0.2, 0) is 19.8 Å². The van der Waals surface area contributed by atoms with E-state index in [9.17, 15) is 13.2 Å². The van der Waals surface area contributed by atoms with E-state index in [1.54, 1.807) is 4.68 Å². The lowest BCUT2D eigenvalue weighted by atomic mass is 10.1. The molecule has 1 saturated heterocycles. The van der Waals surface area contributed by atoms with Crippen molar-refractivity contribution in [1.29, 1.82) is 0 Å². The molecule has 0 bridgehead atoms. The van der Waals surface area contributed by atoms with Gasteiger partial charge in [-0.15, -0.1) is 0 Å².